The summed E-state index contributed by atoms with van der Waals surface area (Å²) in [6.07, 6.45) is 9.71. The van der Waals surface area contributed by atoms with Crippen LogP contribution >= 0.6 is 0 Å². The molecule has 2 amide bonds. The SMILES string of the molecule is [C-]#[N+]c1ccnc(NC(=O)c2ccc(-c3nn([C@@H]4CCN(C(=O)/C=C/CN(C)C5CC5)C4)c4ncnc(N)c34)cc2)c1. The Kier molecular flexibility index (Phi) is 7.33. The van der Waals surface area contributed by atoms with Crippen molar-refractivity contribution in [3.8, 4) is 11.3 Å². The molecule has 12 heteroatoms. The van der Waals surface area contributed by atoms with E-state index >= 15 is 0 Å². The first-order valence-corrected chi connectivity index (χ1v) is 13.8. The molecule has 0 spiro atoms. The Labute approximate surface area is 242 Å². The summed E-state index contributed by atoms with van der Waals surface area (Å²) in [5.41, 5.74) is 9.07. The number of rotatable bonds is 8. The Morgan fingerprint density at radius 2 is 1.98 bits per heavy atom. The molecule has 2 fully saturated rings. The van der Waals surface area contributed by atoms with Crippen molar-refractivity contribution in [2.75, 3.05) is 37.7 Å². The molecule has 3 N–H and O–H groups in total. The predicted molar refractivity (Wildman–Crippen MR) is 159 cm³/mol. The van der Waals surface area contributed by atoms with Gasteiger partial charge in [0.2, 0.25) is 5.91 Å². The zero-order chi connectivity index (χ0) is 29.2. The molecule has 0 unspecified atom stereocenters. The lowest BCUT2D eigenvalue weighted by atomic mass is 10.1. The minimum Gasteiger partial charge on any atom is -0.383 e. The van der Waals surface area contributed by atoms with Crippen molar-refractivity contribution in [2.45, 2.75) is 31.3 Å². The van der Waals surface area contributed by atoms with Gasteiger partial charge in [-0.15, -0.1) is 0 Å². The maximum absolute atomic E-state index is 12.9. The summed E-state index contributed by atoms with van der Waals surface area (Å²) in [6, 6.07) is 10.7. The molecule has 1 atom stereocenters. The van der Waals surface area contributed by atoms with Crippen molar-refractivity contribution in [1.82, 2.24) is 34.5 Å². The van der Waals surface area contributed by atoms with Gasteiger partial charge in [-0.05, 0) is 50.6 Å². The van der Waals surface area contributed by atoms with Crippen LogP contribution in [0.25, 0.3) is 27.1 Å². The minimum atomic E-state index is -0.349. The molecule has 4 heterocycles. The number of amides is 2. The van der Waals surface area contributed by atoms with E-state index in [0.29, 0.717) is 58.7 Å². The van der Waals surface area contributed by atoms with Crippen LogP contribution in [0.4, 0.5) is 17.3 Å². The average molecular weight is 563 g/mol. The first-order valence-electron chi connectivity index (χ1n) is 13.8. The number of benzene rings is 1. The van der Waals surface area contributed by atoms with Crippen LogP contribution in [0.15, 0.2) is 61.1 Å². The molecular formula is C30H30N10O2. The number of fused-ring (bicyclic) bond motifs is 1. The standard InChI is InChI=1S/C30H30N10O2/c1-32-21-11-13-33-24(16-21)36-30(42)20-7-5-19(6-8-20)27-26-28(31)34-18-35-29(26)40(37-27)23-12-15-39(17-23)25(41)4-3-14-38(2)22-9-10-22/h3-8,11,13,16,18,22-23H,9-10,12,14-15,17H2,2H3,(H2,31,34,35)(H,33,36,42)/b4-3+/t23-/m1/s1. The zero-order valence-electron chi connectivity index (χ0n) is 23.1. The number of pyridine rings is 1. The largest absolute Gasteiger partial charge is 0.383 e. The van der Waals surface area contributed by atoms with Crippen molar-refractivity contribution in [2.24, 2.45) is 0 Å². The normalized spacial score (nSPS) is 16.8. The number of aromatic nitrogens is 5. The van der Waals surface area contributed by atoms with Gasteiger partial charge in [-0.25, -0.2) is 24.5 Å². The number of nitrogens with one attached hydrogen (secondary N) is 1. The fraction of sp³-hybridized carbons (Fsp3) is 0.300. The average Bonchev–Trinajstić information content (AvgIpc) is 3.61. The lowest BCUT2D eigenvalue weighted by Crippen LogP contribution is -2.28. The fourth-order valence-corrected chi connectivity index (χ4v) is 5.21. The van der Waals surface area contributed by atoms with Crippen LogP contribution in [-0.4, -0.2) is 79.1 Å². The highest BCUT2D eigenvalue weighted by atomic mass is 16.2. The van der Waals surface area contributed by atoms with Gasteiger partial charge in [0.25, 0.3) is 5.91 Å². The highest BCUT2D eigenvalue weighted by Gasteiger charge is 2.30. The van der Waals surface area contributed by atoms with Gasteiger partial charge in [-0.2, -0.15) is 5.10 Å². The number of nitrogens with two attached hydrogens (primary N) is 1. The van der Waals surface area contributed by atoms with Crippen molar-refractivity contribution < 1.29 is 9.59 Å². The number of hydrogen-bond acceptors (Lipinski definition) is 8. The molecule has 3 aromatic heterocycles. The first kappa shape index (κ1) is 27.0. The molecule has 0 radical (unpaired) electrons. The number of nitrogen functional groups attached to an aromatic ring is 1. The maximum atomic E-state index is 12.9. The molecule has 1 saturated carbocycles. The summed E-state index contributed by atoms with van der Waals surface area (Å²) in [5, 5.41) is 8.25. The number of anilines is 2. The van der Waals surface area contributed by atoms with Crippen LogP contribution in [0.1, 0.15) is 35.7 Å². The van der Waals surface area contributed by atoms with E-state index in [1.54, 1.807) is 36.4 Å². The van der Waals surface area contributed by atoms with Gasteiger partial charge in [0.05, 0.1) is 18.0 Å². The molecule has 42 heavy (non-hydrogen) atoms. The van der Waals surface area contributed by atoms with Crippen molar-refractivity contribution in [3.63, 3.8) is 0 Å². The van der Waals surface area contributed by atoms with Gasteiger partial charge in [0.1, 0.15) is 23.7 Å². The molecule has 1 aliphatic heterocycles. The van der Waals surface area contributed by atoms with Gasteiger partial charge < -0.3 is 16.0 Å². The molecule has 6 rings (SSSR count). The second-order valence-corrected chi connectivity index (χ2v) is 10.6. The van der Waals surface area contributed by atoms with Gasteiger partial charge in [0, 0.05) is 49.1 Å². The molecule has 1 aliphatic carbocycles. The fourth-order valence-electron chi connectivity index (χ4n) is 5.21. The number of likely N-dealkylation sites (tertiary alicyclic amines) is 1. The second kappa shape index (κ2) is 11.4. The highest BCUT2D eigenvalue weighted by molar-refractivity contribution is 6.04. The third kappa shape index (κ3) is 5.55. The molecule has 1 aromatic carbocycles. The van der Waals surface area contributed by atoms with Crippen LogP contribution in [0.3, 0.4) is 0 Å². The predicted octanol–water partition coefficient (Wildman–Crippen LogP) is 3.70. The van der Waals surface area contributed by atoms with E-state index in [-0.39, 0.29) is 17.9 Å². The van der Waals surface area contributed by atoms with Crippen molar-refractivity contribution in [1.29, 1.82) is 0 Å². The lowest BCUT2D eigenvalue weighted by molar-refractivity contribution is -0.125. The van der Waals surface area contributed by atoms with Crippen molar-refractivity contribution in [3.05, 3.63) is 78.1 Å². The smallest absolute Gasteiger partial charge is 0.256 e. The van der Waals surface area contributed by atoms with Gasteiger partial charge >= 0.3 is 0 Å². The summed E-state index contributed by atoms with van der Waals surface area (Å²) >= 11 is 0. The molecule has 0 bridgehead atoms. The molecule has 212 valence electrons. The third-order valence-electron chi connectivity index (χ3n) is 7.70. The van der Waals surface area contributed by atoms with E-state index in [4.69, 9.17) is 17.4 Å². The van der Waals surface area contributed by atoms with Crippen LogP contribution in [0.5, 0.6) is 0 Å². The second-order valence-electron chi connectivity index (χ2n) is 10.6. The number of carbonyl (C=O) groups excluding carboxylic acids is 2. The van der Waals surface area contributed by atoms with Gasteiger partial charge in [-0.3, -0.25) is 14.5 Å². The Hall–Kier alpha value is -5.15. The quantitative estimate of drug-likeness (QED) is 0.245. The molecule has 1 saturated heterocycles. The summed E-state index contributed by atoms with van der Waals surface area (Å²) in [5.74, 6) is 0.260. The molecule has 4 aromatic rings. The Balaban J connectivity index is 1.20. The van der Waals surface area contributed by atoms with Crippen LogP contribution < -0.4 is 11.1 Å². The molecule has 2 aliphatic rings. The van der Waals surface area contributed by atoms with E-state index < -0.39 is 0 Å². The van der Waals surface area contributed by atoms with Crippen LogP contribution in [0, 0.1) is 6.57 Å². The van der Waals surface area contributed by atoms with Crippen molar-refractivity contribution >= 4 is 40.2 Å². The Morgan fingerprint density at radius 3 is 2.74 bits per heavy atom. The Bertz CT molecular complexity index is 1720. The van der Waals surface area contributed by atoms with E-state index in [0.717, 1.165) is 18.5 Å². The highest BCUT2D eigenvalue weighted by Crippen LogP contribution is 2.34. The maximum Gasteiger partial charge on any atom is 0.256 e. The Morgan fingerprint density at radius 1 is 1.17 bits per heavy atom. The number of nitrogens with zero attached hydrogens (tertiary/aromatic N) is 8. The zero-order valence-corrected chi connectivity index (χ0v) is 23.1. The van der Waals surface area contributed by atoms with Gasteiger partial charge in [-0.1, -0.05) is 18.2 Å². The summed E-state index contributed by atoms with van der Waals surface area (Å²) in [7, 11) is 2.09. The monoisotopic (exact) mass is 562 g/mol. The van der Waals surface area contributed by atoms with Gasteiger partial charge in [0.15, 0.2) is 11.3 Å². The van der Waals surface area contributed by atoms with E-state index in [2.05, 4.69) is 37.1 Å². The van der Waals surface area contributed by atoms with Crippen LogP contribution in [-0.2, 0) is 4.79 Å². The minimum absolute atomic E-state index is 0.00241. The van der Waals surface area contributed by atoms with E-state index in [1.807, 2.05) is 15.7 Å². The first-order chi connectivity index (χ1) is 20.4. The number of hydrogen-bond donors (Lipinski definition) is 2. The van der Waals surface area contributed by atoms with E-state index in [9.17, 15) is 9.59 Å². The molecular weight excluding hydrogens is 532 g/mol. The topological polar surface area (TPSA) is 140 Å². The number of likely N-dealkylation sites (N-methyl/N-ethyl adjacent to an activating group) is 1. The molecule has 12 nitrogen and oxygen atoms in total. The number of carbonyl (C=O) groups is 2. The lowest BCUT2D eigenvalue weighted by Gasteiger charge is -2.16. The van der Waals surface area contributed by atoms with Crippen LogP contribution in [0.2, 0.25) is 0 Å². The summed E-state index contributed by atoms with van der Waals surface area (Å²) < 4.78 is 1.84. The third-order valence-corrected chi connectivity index (χ3v) is 7.70. The van der Waals surface area contributed by atoms with E-state index in [1.165, 1.54) is 31.4 Å². The summed E-state index contributed by atoms with van der Waals surface area (Å²) in [6.45, 7) is 9.05. The summed E-state index contributed by atoms with van der Waals surface area (Å²) in [4.78, 5) is 45.9.